The summed E-state index contributed by atoms with van der Waals surface area (Å²) in [5.74, 6) is -2.59. The molecule has 2 aromatic rings. The lowest BCUT2D eigenvalue weighted by molar-refractivity contribution is -0.386. The molecular formula is C18H17F3N2O7S. The maximum absolute atomic E-state index is 12.6. The van der Waals surface area contributed by atoms with Gasteiger partial charge < -0.3 is 10.1 Å². The number of hydrogen-bond donors (Lipinski definition) is 1. The van der Waals surface area contributed by atoms with Crippen LogP contribution in [0.2, 0.25) is 0 Å². The highest BCUT2D eigenvalue weighted by Gasteiger charge is 2.40. The molecule has 0 spiro atoms. The van der Waals surface area contributed by atoms with Crippen LogP contribution in [0.3, 0.4) is 0 Å². The van der Waals surface area contributed by atoms with Crippen molar-refractivity contribution in [2.45, 2.75) is 18.4 Å². The second-order valence-electron chi connectivity index (χ2n) is 6.22. The molecule has 0 aliphatic heterocycles. The van der Waals surface area contributed by atoms with Gasteiger partial charge in [0, 0.05) is 12.6 Å². The molecule has 2 atom stereocenters. The molecule has 2 aromatic carbocycles. The van der Waals surface area contributed by atoms with Gasteiger partial charge in [-0.1, -0.05) is 42.5 Å². The van der Waals surface area contributed by atoms with E-state index in [4.69, 9.17) is 8.92 Å². The number of nitro groups is 1. The number of rotatable bonds is 9. The van der Waals surface area contributed by atoms with E-state index in [2.05, 4.69) is 0 Å². The smallest absolute Gasteiger partial charge is 0.471 e. The third kappa shape index (κ3) is 7.22. The molecule has 0 fully saturated rings. The van der Waals surface area contributed by atoms with Gasteiger partial charge in [0.15, 0.2) is 11.9 Å². The number of nitrogens with one attached hydrogen (secondary N) is 1. The van der Waals surface area contributed by atoms with E-state index in [1.54, 1.807) is 11.4 Å². The minimum absolute atomic E-state index is 0.246. The standard InChI is InChI=1S/C18H17F3N2O7S/c1-31(27,28)30-15(11-22-17(24)18(19,20)21)16(12-7-3-2-4-8-12)29-14-10-6-5-9-13(14)23(25)26/h2-10,15-16H,11H2,1H3,(H,22,24)/t15-,16-/m1/s1. The molecule has 1 amide bonds. The van der Waals surface area contributed by atoms with Crippen molar-refractivity contribution in [2.75, 3.05) is 12.8 Å². The third-order valence-electron chi connectivity index (χ3n) is 3.80. The van der Waals surface area contributed by atoms with Gasteiger partial charge in [0.2, 0.25) is 0 Å². The van der Waals surface area contributed by atoms with E-state index in [1.807, 2.05) is 0 Å². The predicted molar refractivity (Wildman–Crippen MR) is 102 cm³/mol. The topological polar surface area (TPSA) is 125 Å². The number of para-hydroxylation sites is 2. The van der Waals surface area contributed by atoms with Gasteiger partial charge in [-0.25, -0.2) is 0 Å². The molecule has 168 valence electrons. The molecule has 1 N–H and O–H groups in total. The Morgan fingerprint density at radius 1 is 1.13 bits per heavy atom. The van der Waals surface area contributed by atoms with Crippen LogP contribution in [-0.4, -0.2) is 44.3 Å². The fourth-order valence-corrected chi connectivity index (χ4v) is 3.17. The Labute approximate surface area is 175 Å². The van der Waals surface area contributed by atoms with E-state index < -0.39 is 51.6 Å². The molecule has 0 unspecified atom stereocenters. The van der Waals surface area contributed by atoms with E-state index >= 15 is 0 Å². The summed E-state index contributed by atoms with van der Waals surface area (Å²) >= 11 is 0. The molecule has 31 heavy (non-hydrogen) atoms. The number of carbonyl (C=O) groups is 1. The van der Waals surface area contributed by atoms with Crippen molar-refractivity contribution < 1.29 is 40.2 Å². The minimum Gasteiger partial charge on any atom is -0.476 e. The maximum Gasteiger partial charge on any atom is 0.471 e. The molecule has 0 saturated carbocycles. The lowest BCUT2D eigenvalue weighted by Gasteiger charge is -2.27. The quantitative estimate of drug-likeness (QED) is 0.345. The van der Waals surface area contributed by atoms with Crippen LogP contribution >= 0.6 is 0 Å². The van der Waals surface area contributed by atoms with E-state index in [-0.39, 0.29) is 11.3 Å². The molecule has 0 saturated heterocycles. The first-order valence-electron chi connectivity index (χ1n) is 8.57. The van der Waals surface area contributed by atoms with Crippen molar-refractivity contribution in [2.24, 2.45) is 0 Å². The molecule has 9 nitrogen and oxygen atoms in total. The van der Waals surface area contributed by atoms with Crippen LogP contribution in [0.4, 0.5) is 18.9 Å². The second-order valence-corrected chi connectivity index (χ2v) is 7.82. The Bertz CT molecular complexity index is 1030. The van der Waals surface area contributed by atoms with Gasteiger partial charge in [0.1, 0.15) is 6.10 Å². The molecule has 0 radical (unpaired) electrons. The summed E-state index contributed by atoms with van der Waals surface area (Å²) in [4.78, 5) is 21.8. The zero-order valence-corrected chi connectivity index (χ0v) is 16.7. The lowest BCUT2D eigenvalue weighted by atomic mass is 10.0. The molecule has 2 rings (SSSR count). The summed E-state index contributed by atoms with van der Waals surface area (Å²) in [5.41, 5.74) is -0.212. The number of nitrogens with zero attached hydrogens (tertiary/aromatic N) is 1. The summed E-state index contributed by atoms with van der Waals surface area (Å²) in [6.07, 6.45) is -7.65. The average molecular weight is 462 g/mol. The van der Waals surface area contributed by atoms with Crippen LogP contribution in [0.1, 0.15) is 11.7 Å². The summed E-state index contributed by atoms with van der Waals surface area (Å²) in [6.45, 7) is -0.911. The molecular weight excluding hydrogens is 445 g/mol. The molecule has 0 aliphatic rings. The molecule has 0 aromatic heterocycles. The van der Waals surface area contributed by atoms with Crippen molar-refractivity contribution in [3.05, 3.63) is 70.3 Å². The Hall–Kier alpha value is -3.19. The molecule has 13 heteroatoms. The average Bonchev–Trinajstić information content (AvgIpc) is 2.68. The van der Waals surface area contributed by atoms with Crippen LogP contribution in [0.25, 0.3) is 0 Å². The lowest BCUT2D eigenvalue weighted by Crippen LogP contribution is -2.44. The Morgan fingerprint density at radius 3 is 2.26 bits per heavy atom. The van der Waals surface area contributed by atoms with Crippen LogP contribution in [0, 0.1) is 10.1 Å². The number of hydrogen-bond acceptors (Lipinski definition) is 7. The molecule has 0 bridgehead atoms. The van der Waals surface area contributed by atoms with E-state index in [0.29, 0.717) is 6.26 Å². The fraction of sp³-hybridized carbons (Fsp3) is 0.278. The number of nitro benzene ring substituents is 1. The normalized spacial score (nSPS) is 13.8. The third-order valence-corrected chi connectivity index (χ3v) is 4.40. The highest BCUT2D eigenvalue weighted by molar-refractivity contribution is 7.86. The van der Waals surface area contributed by atoms with Gasteiger partial charge >= 0.3 is 17.8 Å². The number of benzene rings is 2. The zero-order valence-electron chi connectivity index (χ0n) is 15.9. The second kappa shape index (κ2) is 9.75. The summed E-state index contributed by atoms with van der Waals surface area (Å²) in [7, 11) is -4.22. The van der Waals surface area contributed by atoms with Crippen molar-refractivity contribution in [1.82, 2.24) is 5.32 Å². The van der Waals surface area contributed by atoms with Gasteiger partial charge in [0.05, 0.1) is 11.2 Å². The first-order chi connectivity index (χ1) is 14.4. The summed E-state index contributed by atoms with van der Waals surface area (Å²) < 4.78 is 71.7. The Balaban J connectivity index is 2.47. The van der Waals surface area contributed by atoms with E-state index in [1.165, 1.54) is 42.5 Å². The highest BCUT2D eigenvalue weighted by atomic mass is 32.2. The molecule has 0 aliphatic carbocycles. The van der Waals surface area contributed by atoms with Gasteiger partial charge in [-0.15, -0.1) is 0 Å². The molecule has 0 heterocycles. The minimum atomic E-state index is -5.21. The van der Waals surface area contributed by atoms with E-state index in [0.717, 1.165) is 6.07 Å². The first-order valence-corrected chi connectivity index (χ1v) is 10.4. The maximum atomic E-state index is 12.6. The van der Waals surface area contributed by atoms with Gasteiger partial charge in [-0.05, 0) is 11.6 Å². The van der Waals surface area contributed by atoms with Crippen LogP contribution in [0.5, 0.6) is 5.75 Å². The van der Waals surface area contributed by atoms with Gasteiger partial charge in [-0.3, -0.25) is 19.1 Å². The van der Waals surface area contributed by atoms with Crippen molar-refractivity contribution in [3.63, 3.8) is 0 Å². The van der Waals surface area contributed by atoms with Crippen molar-refractivity contribution in [1.29, 1.82) is 0 Å². The van der Waals surface area contributed by atoms with Crippen LogP contribution < -0.4 is 10.1 Å². The summed E-state index contributed by atoms with van der Waals surface area (Å²) in [6, 6.07) is 12.8. The monoisotopic (exact) mass is 462 g/mol. The number of halogens is 3. The summed E-state index contributed by atoms with van der Waals surface area (Å²) in [5, 5.41) is 12.8. The van der Waals surface area contributed by atoms with Crippen molar-refractivity contribution in [3.8, 4) is 5.75 Å². The number of carbonyl (C=O) groups excluding carboxylic acids is 1. The number of amides is 1. The number of alkyl halides is 3. The van der Waals surface area contributed by atoms with Crippen LogP contribution in [-0.2, 0) is 19.1 Å². The van der Waals surface area contributed by atoms with Gasteiger partial charge in [-0.2, -0.15) is 21.6 Å². The largest absolute Gasteiger partial charge is 0.476 e. The Kier molecular flexibility index (Phi) is 7.57. The fourth-order valence-electron chi connectivity index (χ4n) is 2.56. The highest BCUT2D eigenvalue weighted by Crippen LogP contribution is 2.33. The Morgan fingerprint density at radius 2 is 1.71 bits per heavy atom. The van der Waals surface area contributed by atoms with Gasteiger partial charge in [0.25, 0.3) is 10.1 Å². The predicted octanol–water partition coefficient (Wildman–Crippen LogP) is 2.74. The first kappa shape index (κ1) is 24.1. The van der Waals surface area contributed by atoms with E-state index in [9.17, 15) is 36.5 Å². The SMILES string of the molecule is CS(=O)(=O)O[C@H](CNC(=O)C(F)(F)F)[C@H](Oc1ccccc1[N+](=O)[O-])c1ccccc1. The van der Waals surface area contributed by atoms with Crippen LogP contribution in [0.15, 0.2) is 54.6 Å². The van der Waals surface area contributed by atoms with Crippen molar-refractivity contribution >= 4 is 21.7 Å². The number of ether oxygens (including phenoxy) is 1. The zero-order chi connectivity index (χ0) is 23.2.